The smallest absolute Gasteiger partial charge is 0.246 e. The highest BCUT2D eigenvalue weighted by atomic mass is 32.2. The second kappa shape index (κ2) is 9.62. The zero-order valence-corrected chi connectivity index (χ0v) is 19.5. The molecule has 11 heteroatoms. The summed E-state index contributed by atoms with van der Waals surface area (Å²) in [4.78, 5) is 22.4. The number of carbonyl (C=O) groups is 1. The molecule has 0 saturated carbocycles. The zero-order valence-electron chi connectivity index (χ0n) is 18.7. The second-order valence-electron chi connectivity index (χ2n) is 7.93. The summed E-state index contributed by atoms with van der Waals surface area (Å²) in [5.41, 5.74) is 7.63. The first-order valence-corrected chi connectivity index (χ1v) is 12.2. The lowest BCUT2D eigenvalue weighted by molar-refractivity contribution is -0.127. The Morgan fingerprint density at radius 2 is 2.15 bits per heavy atom. The van der Waals surface area contributed by atoms with E-state index in [-0.39, 0.29) is 29.2 Å². The lowest BCUT2D eigenvalue weighted by atomic mass is 10.1. The summed E-state index contributed by atoms with van der Waals surface area (Å²) >= 11 is 0. The Morgan fingerprint density at radius 1 is 1.35 bits per heavy atom. The number of hydrogen-bond donors (Lipinski definition) is 2. The molecule has 1 aliphatic rings. The molecular weight excluding hydrogens is 454 g/mol. The molecule has 34 heavy (non-hydrogen) atoms. The van der Waals surface area contributed by atoms with Gasteiger partial charge in [0.25, 0.3) is 0 Å². The highest BCUT2D eigenvalue weighted by Crippen LogP contribution is 2.28. The van der Waals surface area contributed by atoms with Gasteiger partial charge in [0.1, 0.15) is 17.8 Å². The van der Waals surface area contributed by atoms with Gasteiger partial charge in [0.2, 0.25) is 15.9 Å². The minimum Gasteiger partial charge on any atom is -0.383 e. The first-order valence-electron chi connectivity index (χ1n) is 10.8. The monoisotopic (exact) mass is 479 g/mol. The SMILES string of the molecule is C=CC(=O)N1CCC[C@@H](n2nc(C#CCNS(=O)(=O)c3ccccc3C)c3c(N)ncnc32)C1. The summed E-state index contributed by atoms with van der Waals surface area (Å²) in [6.07, 6.45) is 4.29. The average molecular weight is 480 g/mol. The van der Waals surface area contributed by atoms with Crippen molar-refractivity contribution in [3.05, 3.63) is 54.5 Å². The van der Waals surface area contributed by atoms with Gasteiger partial charge in [-0.15, -0.1) is 0 Å². The summed E-state index contributed by atoms with van der Waals surface area (Å²) in [5, 5.41) is 5.12. The Labute approximate surface area is 197 Å². The third-order valence-electron chi connectivity index (χ3n) is 5.69. The van der Waals surface area contributed by atoms with Crippen molar-refractivity contribution in [3.8, 4) is 11.8 Å². The van der Waals surface area contributed by atoms with Gasteiger partial charge in [-0.05, 0) is 43.4 Å². The van der Waals surface area contributed by atoms with Gasteiger partial charge in [0.05, 0.1) is 22.9 Å². The van der Waals surface area contributed by atoms with Gasteiger partial charge in [0, 0.05) is 13.1 Å². The molecule has 1 atom stereocenters. The van der Waals surface area contributed by atoms with Crippen LogP contribution in [-0.4, -0.2) is 58.6 Å². The summed E-state index contributed by atoms with van der Waals surface area (Å²) < 4.78 is 29.4. The molecule has 0 bridgehead atoms. The lowest BCUT2D eigenvalue weighted by Gasteiger charge is -2.32. The number of piperidine rings is 1. The molecule has 0 radical (unpaired) electrons. The van der Waals surface area contributed by atoms with Crippen molar-refractivity contribution < 1.29 is 13.2 Å². The molecule has 1 aliphatic heterocycles. The van der Waals surface area contributed by atoms with Crippen LogP contribution < -0.4 is 10.5 Å². The van der Waals surface area contributed by atoms with Gasteiger partial charge in [-0.2, -0.15) is 9.82 Å². The van der Waals surface area contributed by atoms with E-state index in [0.717, 1.165) is 12.8 Å². The number of carbonyl (C=O) groups excluding carboxylic acids is 1. The van der Waals surface area contributed by atoms with Crippen molar-refractivity contribution in [2.75, 3.05) is 25.4 Å². The molecule has 0 aliphatic carbocycles. The number of hydrogen-bond acceptors (Lipinski definition) is 7. The normalized spacial score (nSPS) is 16.1. The van der Waals surface area contributed by atoms with Crippen LogP contribution in [0.15, 0.2) is 48.1 Å². The summed E-state index contributed by atoms with van der Waals surface area (Å²) in [6.45, 7) is 6.32. The van der Waals surface area contributed by atoms with E-state index in [0.29, 0.717) is 35.4 Å². The van der Waals surface area contributed by atoms with E-state index < -0.39 is 10.0 Å². The Kier molecular flexibility index (Phi) is 6.63. The maximum absolute atomic E-state index is 12.6. The van der Waals surface area contributed by atoms with E-state index >= 15 is 0 Å². The van der Waals surface area contributed by atoms with Crippen LogP contribution in [0.25, 0.3) is 11.0 Å². The van der Waals surface area contributed by atoms with Crippen LogP contribution >= 0.6 is 0 Å². The second-order valence-corrected chi connectivity index (χ2v) is 9.66. The number of benzene rings is 1. The number of nitrogens with zero attached hydrogens (tertiary/aromatic N) is 5. The number of aryl methyl sites for hydroxylation is 1. The number of nitrogens with one attached hydrogen (secondary N) is 1. The van der Waals surface area contributed by atoms with Crippen molar-refractivity contribution >= 4 is 32.8 Å². The molecule has 1 aromatic carbocycles. The molecule has 1 amide bonds. The van der Waals surface area contributed by atoms with Crippen molar-refractivity contribution in [1.82, 2.24) is 29.4 Å². The highest BCUT2D eigenvalue weighted by molar-refractivity contribution is 7.89. The number of amides is 1. The first-order chi connectivity index (χ1) is 16.3. The van der Waals surface area contributed by atoms with Gasteiger partial charge in [-0.25, -0.2) is 23.1 Å². The molecule has 176 valence electrons. The molecule has 3 N–H and O–H groups in total. The van der Waals surface area contributed by atoms with E-state index in [1.54, 1.807) is 40.8 Å². The molecule has 4 rings (SSSR count). The van der Waals surface area contributed by atoms with Crippen LogP contribution in [0.2, 0.25) is 0 Å². The van der Waals surface area contributed by atoms with Gasteiger partial charge in [0.15, 0.2) is 5.65 Å². The van der Waals surface area contributed by atoms with E-state index in [1.165, 1.54) is 12.4 Å². The summed E-state index contributed by atoms with van der Waals surface area (Å²) in [5.74, 6) is 5.82. The van der Waals surface area contributed by atoms with Crippen LogP contribution in [0.4, 0.5) is 5.82 Å². The molecule has 2 aromatic heterocycles. The highest BCUT2D eigenvalue weighted by Gasteiger charge is 2.27. The average Bonchev–Trinajstić information content (AvgIpc) is 3.21. The number of aromatic nitrogens is 4. The standard InChI is InChI=1S/C23H25N7O3S/c1-3-20(31)29-13-7-9-17(14-29)30-23-21(22(24)25-15-26-23)18(28-30)10-6-12-27-34(32,33)19-11-5-4-8-16(19)2/h3-5,8,11,15,17,27H,1,7,9,12-14H2,2H3,(H2,24,25,26)/t17-/m1/s1. The van der Waals surface area contributed by atoms with E-state index in [2.05, 4.69) is 38.2 Å². The third kappa shape index (κ3) is 4.64. The van der Waals surface area contributed by atoms with Crippen molar-refractivity contribution in [2.45, 2.75) is 30.7 Å². The summed E-state index contributed by atoms with van der Waals surface area (Å²) in [7, 11) is -3.70. The minimum atomic E-state index is -3.70. The predicted molar refractivity (Wildman–Crippen MR) is 128 cm³/mol. The van der Waals surface area contributed by atoms with Gasteiger partial charge < -0.3 is 10.6 Å². The Morgan fingerprint density at radius 3 is 2.91 bits per heavy atom. The van der Waals surface area contributed by atoms with Crippen LogP contribution in [0, 0.1) is 18.8 Å². The third-order valence-corrected chi connectivity index (χ3v) is 7.25. The minimum absolute atomic E-state index is 0.107. The van der Waals surface area contributed by atoms with E-state index in [1.807, 2.05) is 0 Å². The maximum atomic E-state index is 12.6. The number of rotatable bonds is 5. The van der Waals surface area contributed by atoms with Crippen LogP contribution in [0.3, 0.4) is 0 Å². The molecule has 0 unspecified atom stereocenters. The topological polar surface area (TPSA) is 136 Å². The van der Waals surface area contributed by atoms with E-state index in [9.17, 15) is 13.2 Å². The molecule has 1 saturated heterocycles. The number of nitrogen functional groups attached to an aromatic ring is 1. The van der Waals surface area contributed by atoms with E-state index in [4.69, 9.17) is 5.73 Å². The summed E-state index contributed by atoms with van der Waals surface area (Å²) in [6, 6.07) is 6.62. The lowest BCUT2D eigenvalue weighted by Crippen LogP contribution is -2.40. The van der Waals surface area contributed by atoms with Crippen molar-refractivity contribution in [3.63, 3.8) is 0 Å². The van der Waals surface area contributed by atoms with Crippen LogP contribution in [-0.2, 0) is 14.8 Å². The Hall–Kier alpha value is -3.75. The zero-order chi connectivity index (χ0) is 24.3. The molecule has 10 nitrogen and oxygen atoms in total. The number of sulfonamides is 1. The number of likely N-dealkylation sites (tertiary alicyclic amines) is 1. The Balaban J connectivity index is 1.60. The molecular formula is C23H25N7O3S. The number of fused-ring (bicyclic) bond motifs is 1. The predicted octanol–water partition coefficient (Wildman–Crippen LogP) is 1.40. The quantitative estimate of drug-likeness (QED) is 0.417. The van der Waals surface area contributed by atoms with Gasteiger partial charge >= 0.3 is 0 Å². The van der Waals surface area contributed by atoms with Crippen molar-refractivity contribution in [1.29, 1.82) is 0 Å². The largest absolute Gasteiger partial charge is 0.383 e. The number of anilines is 1. The van der Waals surface area contributed by atoms with Crippen LogP contribution in [0.5, 0.6) is 0 Å². The maximum Gasteiger partial charge on any atom is 0.246 e. The fourth-order valence-corrected chi connectivity index (χ4v) is 5.18. The molecule has 3 aromatic rings. The van der Waals surface area contributed by atoms with Crippen molar-refractivity contribution in [2.24, 2.45) is 0 Å². The van der Waals surface area contributed by atoms with Gasteiger partial charge in [-0.3, -0.25) is 4.79 Å². The van der Waals surface area contributed by atoms with Crippen LogP contribution in [0.1, 0.15) is 30.1 Å². The fourth-order valence-electron chi connectivity index (χ4n) is 4.02. The molecule has 0 spiro atoms. The number of nitrogens with two attached hydrogens (primary N) is 1. The fraction of sp³-hybridized carbons (Fsp3) is 0.304. The first kappa shape index (κ1) is 23.4. The molecule has 1 fully saturated rings. The molecule has 3 heterocycles. The van der Waals surface area contributed by atoms with Gasteiger partial charge in [-0.1, -0.05) is 30.7 Å². The Bertz CT molecular complexity index is 1420.